The molecule has 1 N–H and O–H groups in total. The largest absolute Gasteiger partial charge is 0.496 e. The SMILES string of the molecule is COc1ccc(C2c3[nH]c4ccccc4c3CCN2C(=O)CCn2cncn2)c(C)c1C. The smallest absolute Gasteiger partial charge is 0.225 e. The maximum absolute atomic E-state index is 13.4. The van der Waals surface area contributed by atoms with Crippen LogP contribution < -0.4 is 4.74 Å². The summed E-state index contributed by atoms with van der Waals surface area (Å²) < 4.78 is 7.24. The Balaban J connectivity index is 1.59. The normalized spacial score (nSPS) is 15.7. The van der Waals surface area contributed by atoms with Gasteiger partial charge in [-0.15, -0.1) is 0 Å². The van der Waals surface area contributed by atoms with E-state index in [1.54, 1.807) is 18.1 Å². The van der Waals surface area contributed by atoms with Crippen LogP contribution in [-0.2, 0) is 17.8 Å². The van der Waals surface area contributed by atoms with Crippen LogP contribution in [0.2, 0.25) is 0 Å². The predicted octanol–water partition coefficient (Wildman–Crippen LogP) is 3.95. The first-order chi connectivity index (χ1) is 15.6. The Hall–Kier alpha value is -3.61. The average Bonchev–Trinajstić information content (AvgIpc) is 3.46. The van der Waals surface area contributed by atoms with Crippen LogP contribution >= 0.6 is 0 Å². The summed E-state index contributed by atoms with van der Waals surface area (Å²) in [5.41, 5.74) is 6.91. The van der Waals surface area contributed by atoms with Gasteiger partial charge in [-0.3, -0.25) is 9.48 Å². The van der Waals surface area contributed by atoms with E-state index in [4.69, 9.17) is 4.74 Å². The number of aromatic nitrogens is 4. The van der Waals surface area contributed by atoms with Gasteiger partial charge in [-0.05, 0) is 54.7 Å². The van der Waals surface area contributed by atoms with Crippen molar-refractivity contribution >= 4 is 16.8 Å². The van der Waals surface area contributed by atoms with Crippen molar-refractivity contribution in [2.24, 2.45) is 0 Å². The third kappa shape index (κ3) is 3.34. The molecule has 164 valence electrons. The third-order valence-corrected chi connectivity index (χ3v) is 6.67. The van der Waals surface area contributed by atoms with Crippen molar-refractivity contribution in [3.8, 4) is 5.75 Å². The Kier molecular flexibility index (Phi) is 5.17. The van der Waals surface area contributed by atoms with E-state index in [9.17, 15) is 4.79 Å². The number of benzene rings is 2. The maximum atomic E-state index is 13.4. The standard InChI is InChI=1S/C25H27N5O2/c1-16-17(2)22(32-3)9-8-18(16)25-24-20(19-6-4-5-7-21(19)28-24)10-13-30(25)23(31)11-12-29-15-26-14-27-29/h4-9,14-15,25,28H,10-13H2,1-3H3. The number of rotatable bonds is 5. The molecule has 1 aliphatic rings. The van der Waals surface area contributed by atoms with Crippen molar-refractivity contribution in [2.45, 2.75) is 39.3 Å². The summed E-state index contributed by atoms with van der Waals surface area (Å²) in [5, 5.41) is 5.38. The zero-order valence-corrected chi connectivity index (χ0v) is 18.6. The van der Waals surface area contributed by atoms with Crippen LogP contribution in [0.15, 0.2) is 49.1 Å². The van der Waals surface area contributed by atoms with Crippen molar-refractivity contribution in [1.82, 2.24) is 24.6 Å². The zero-order chi connectivity index (χ0) is 22.2. The molecule has 7 nitrogen and oxygen atoms in total. The summed E-state index contributed by atoms with van der Waals surface area (Å²) in [4.78, 5) is 23.1. The molecule has 32 heavy (non-hydrogen) atoms. The highest BCUT2D eigenvalue weighted by Gasteiger charge is 2.35. The Morgan fingerprint density at radius 3 is 2.81 bits per heavy atom. The van der Waals surface area contributed by atoms with E-state index >= 15 is 0 Å². The number of nitrogens with one attached hydrogen (secondary N) is 1. The number of ether oxygens (including phenoxy) is 1. The molecule has 1 aliphatic heterocycles. The molecule has 2 aromatic heterocycles. The first kappa shape index (κ1) is 20.3. The number of H-pyrrole nitrogens is 1. The number of fused-ring (bicyclic) bond motifs is 3. The van der Waals surface area contributed by atoms with Crippen molar-refractivity contribution in [1.29, 1.82) is 0 Å². The van der Waals surface area contributed by atoms with Crippen LogP contribution in [0.5, 0.6) is 5.75 Å². The van der Waals surface area contributed by atoms with E-state index in [2.05, 4.69) is 53.2 Å². The van der Waals surface area contributed by atoms with E-state index in [0.717, 1.165) is 40.1 Å². The minimum absolute atomic E-state index is 0.114. The van der Waals surface area contributed by atoms with Gasteiger partial charge >= 0.3 is 0 Å². The van der Waals surface area contributed by atoms with Crippen LogP contribution in [0.4, 0.5) is 0 Å². The molecule has 1 amide bonds. The van der Waals surface area contributed by atoms with E-state index in [1.165, 1.54) is 17.3 Å². The van der Waals surface area contributed by atoms with Gasteiger partial charge in [-0.2, -0.15) is 5.10 Å². The summed E-state index contributed by atoms with van der Waals surface area (Å²) in [6.45, 7) is 5.38. The summed E-state index contributed by atoms with van der Waals surface area (Å²) >= 11 is 0. The van der Waals surface area contributed by atoms with Gasteiger partial charge in [-0.25, -0.2) is 4.98 Å². The summed E-state index contributed by atoms with van der Waals surface area (Å²) in [5.74, 6) is 0.977. The van der Waals surface area contributed by atoms with Crippen molar-refractivity contribution < 1.29 is 9.53 Å². The monoisotopic (exact) mass is 429 g/mol. The number of carbonyl (C=O) groups excluding carboxylic acids is 1. The fourth-order valence-electron chi connectivity index (χ4n) is 4.87. The molecule has 2 aromatic carbocycles. The summed E-state index contributed by atoms with van der Waals surface area (Å²) in [6.07, 6.45) is 4.35. The van der Waals surface area contributed by atoms with Crippen LogP contribution in [0.25, 0.3) is 10.9 Å². The van der Waals surface area contributed by atoms with Gasteiger partial charge in [0.1, 0.15) is 18.4 Å². The molecule has 0 bridgehead atoms. The molecule has 1 atom stereocenters. The second kappa shape index (κ2) is 8.15. The fraction of sp³-hybridized carbons (Fsp3) is 0.320. The van der Waals surface area contributed by atoms with E-state index < -0.39 is 0 Å². The number of hydrogen-bond acceptors (Lipinski definition) is 4. The van der Waals surface area contributed by atoms with Gasteiger partial charge in [-0.1, -0.05) is 24.3 Å². The number of amides is 1. The second-order valence-electron chi connectivity index (χ2n) is 8.32. The Bertz CT molecular complexity index is 1280. The molecular weight excluding hydrogens is 402 g/mol. The van der Waals surface area contributed by atoms with Gasteiger partial charge in [0.25, 0.3) is 0 Å². The molecular formula is C25H27N5O2. The van der Waals surface area contributed by atoms with Crippen LogP contribution in [0, 0.1) is 13.8 Å². The lowest BCUT2D eigenvalue weighted by Crippen LogP contribution is -2.41. The number of hydrogen-bond donors (Lipinski definition) is 1. The molecule has 0 saturated carbocycles. The predicted molar refractivity (Wildman–Crippen MR) is 123 cm³/mol. The Morgan fingerprint density at radius 2 is 2.03 bits per heavy atom. The van der Waals surface area contributed by atoms with Gasteiger partial charge in [0.15, 0.2) is 0 Å². The first-order valence-corrected chi connectivity index (χ1v) is 10.9. The molecule has 1 unspecified atom stereocenters. The molecule has 0 aliphatic carbocycles. The Labute approximate surface area is 187 Å². The highest BCUT2D eigenvalue weighted by atomic mass is 16.5. The molecule has 5 rings (SSSR count). The van der Waals surface area contributed by atoms with Crippen molar-refractivity contribution in [3.63, 3.8) is 0 Å². The molecule has 0 saturated heterocycles. The number of aryl methyl sites for hydroxylation is 1. The fourth-order valence-corrected chi connectivity index (χ4v) is 4.87. The van der Waals surface area contributed by atoms with Crippen molar-refractivity contribution in [3.05, 3.63) is 77.0 Å². The maximum Gasteiger partial charge on any atom is 0.225 e. The number of para-hydroxylation sites is 1. The lowest BCUT2D eigenvalue weighted by Gasteiger charge is -2.37. The summed E-state index contributed by atoms with van der Waals surface area (Å²) in [7, 11) is 1.69. The van der Waals surface area contributed by atoms with Gasteiger partial charge in [0.05, 0.1) is 19.7 Å². The zero-order valence-electron chi connectivity index (χ0n) is 18.6. The molecule has 3 heterocycles. The number of nitrogens with zero attached hydrogens (tertiary/aromatic N) is 4. The van der Waals surface area contributed by atoms with Crippen LogP contribution in [-0.4, -0.2) is 44.2 Å². The second-order valence-corrected chi connectivity index (χ2v) is 8.32. The quantitative estimate of drug-likeness (QED) is 0.521. The number of aromatic amines is 1. The third-order valence-electron chi connectivity index (χ3n) is 6.67. The first-order valence-electron chi connectivity index (χ1n) is 10.9. The highest BCUT2D eigenvalue weighted by Crippen LogP contribution is 2.41. The molecule has 0 fully saturated rings. The van der Waals surface area contributed by atoms with Crippen LogP contribution in [0.3, 0.4) is 0 Å². The minimum atomic E-state index is -0.168. The van der Waals surface area contributed by atoms with Crippen LogP contribution in [0.1, 0.15) is 40.4 Å². The lowest BCUT2D eigenvalue weighted by molar-refractivity contribution is -0.133. The topological polar surface area (TPSA) is 76.0 Å². The number of methoxy groups -OCH3 is 1. The minimum Gasteiger partial charge on any atom is -0.496 e. The van der Waals surface area contributed by atoms with Gasteiger partial charge in [0.2, 0.25) is 5.91 Å². The van der Waals surface area contributed by atoms with E-state index in [-0.39, 0.29) is 11.9 Å². The van der Waals surface area contributed by atoms with E-state index in [0.29, 0.717) is 19.5 Å². The molecule has 4 aromatic rings. The van der Waals surface area contributed by atoms with Crippen molar-refractivity contribution in [2.75, 3.05) is 13.7 Å². The summed E-state index contributed by atoms with van der Waals surface area (Å²) in [6, 6.07) is 12.3. The molecule has 0 spiro atoms. The Morgan fingerprint density at radius 1 is 1.19 bits per heavy atom. The lowest BCUT2D eigenvalue weighted by atomic mass is 9.88. The molecule has 0 radical (unpaired) electrons. The highest BCUT2D eigenvalue weighted by molar-refractivity contribution is 5.86. The molecule has 7 heteroatoms. The van der Waals surface area contributed by atoms with Gasteiger partial charge < -0.3 is 14.6 Å². The van der Waals surface area contributed by atoms with E-state index in [1.807, 2.05) is 17.0 Å². The average molecular weight is 430 g/mol. The van der Waals surface area contributed by atoms with Gasteiger partial charge in [0, 0.05) is 29.6 Å². The number of carbonyl (C=O) groups is 1.